The van der Waals surface area contributed by atoms with Crippen LogP contribution < -0.4 is 5.32 Å². The molecule has 1 unspecified atom stereocenters. The van der Waals surface area contributed by atoms with E-state index >= 15 is 0 Å². The molecule has 148 valence electrons. The van der Waals surface area contributed by atoms with E-state index in [0.717, 1.165) is 23.3 Å². The van der Waals surface area contributed by atoms with Crippen LogP contribution in [0.2, 0.25) is 0 Å². The molecule has 2 saturated heterocycles. The highest BCUT2D eigenvalue weighted by Gasteiger charge is 2.52. The lowest BCUT2D eigenvalue weighted by Gasteiger charge is -2.37. The van der Waals surface area contributed by atoms with Gasteiger partial charge >= 0.3 is 0 Å². The molecule has 1 N–H and O–H groups in total. The summed E-state index contributed by atoms with van der Waals surface area (Å²) >= 11 is 1.44. The van der Waals surface area contributed by atoms with Crippen molar-refractivity contribution in [3.63, 3.8) is 0 Å². The molecule has 4 rings (SSSR count). The second kappa shape index (κ2) is 7.64. The molecular weight excluding hydrogens is 379 g/mol. The fourth-order valence-electron chi connectivity index (χ4n) is 4.30. The molecule has 2 amide bonds. The van der Waals surface area contributed by atoms with E-state index in [2.05, 4.69) is 5.32 Å². The van der Waals surface area contributed by atoms with Crippen molar-refractivity contribution < 1.29 is 18.7 Å². The normalized spacial score (nSPS) is 21.1. The molecule has 0 radical (unpaired) electrons. The third-order valence-electron chi connectivity index (χ3n) is 5.89. The molecule has 1 spiro atoms. The predicted octanol–water partition coefficient (Wildman–Crippen LogP) is 3.70. The Bertz CT molecular complexity index is 891. The lowest BCUT2D eigenvalue weighted by Crippen LogP contribution is -2.42. The third kappa shape index (κ3) is 3.56. The molecule has 2 aliphatic rings. The Labute approximate surface area is 167 Å². The number of hydrogen-bond acceptors (Lipinski definition) is 4. The topological polar surface area (TPSA) is 58.6 Å². The smallest absolute Gasteiger partial charge is 0.264 e. The number of carbonyl (C=O) groups excluding carboxylic acids is 2. The summed E-state index contributed by atoms with van der Waals surface area (Å²) in [6, 6.07) is 7.83. The van der Waals surface area contributed by atoms with E-state index in [1.807, 2.05) is 18.4 Å². The van der Waals surface area contributed by atoms with Gasteiger partial charge in [0.1, 0.15) is 5.82 Å². The highest BCUT2D eigenvalue weighted by atomic mass is 32.1. The number of hydrogen-bond donors (Lipinski definition) is 1. The van der Waals surface area contributed by atoms with Crippen LogP contribution in [0.3, 0.4) is 0 Å². The number of likely N-dealkylation sites (tertiary alicyclic amines) is 1. The summed E-state index contributed by atoms with van der Waals surface area (Å²) in [6.07, 6.45) is 1.48. The van der Waals surface area contributed by atoms with Crippen molar-refractivity contribution in [1.29, 1.82) is 0 Å². The lowest BCUT2D eigenvalue weighted by atomic mass is 9.71. The van der Waals surface area contributed by atoms with Crippen LogP contribution in [-0.4, -0.2) is 43.0 Å². The first-order valence-electron chi connectivity index (χ1n) is 9.46. The molecule has 7 heteroatoms. The van der Waals surface area contributed by atoms with Crippen LogP contribution in [0.5, 0.6) is 0 Å². The maximum atomic E-state index is 13.5. The van der Waals surface area contributed by atoms with Gasteiger partial charge in [0, 0.05) is 37.4 Å². The van der Waals surface area contributed by atoms with Gasteiger partial charge in [-0.1, -0.05) is 6.07 Å². The first-order valence-corrected chi connectivity index (χ1v) is 10.3. The van der Waals surface area contributed by atoms with Gasteiger partial charge in [-0.05, 0) is 55.0 Å². The average molecular weight is 402 g/mol. The van der Waals surface area contributed by atoms with Gasteiger partial charge in [0.25, 0.3) is 5.91 Å². The van der Waals surface area contributed by atoms with E-state index in [9.17, 15) is 14.0 Å². The molecule has 3 heterocycles. The number of nitrogens with one attached hydrogen (secondary N) is 1. The summed E-state index contributed by atoms with van der Waals surface area (Å²) in [5.74, 6) is -0.913. The van der Waals surface area contributed by atoms with Crippen LogP contribution in [0.25, 0.3) is 0 Å². The summed E-state index contributed by atoms with van der Waals surface area (Å²) in [4.78, 5) is 28.7. The van der Waals surface area contributed by atoms with Crippen LogP contribution in [-0.2, 0) is 9.53 Å². The maximum absolute atomic E-state index is 13.5. The second-order valence-electron chi connectivity index (χ2n) is 7.65. The van der Waals surface area contributed by atoms with Crippen LogP contribution in [0.15, 0.2) is 35.7 Å². The van der Waals surface area contributed by atoms with Crippen LogP contribution in [0, 0.1) is 24.1 Å². The van der Waals surface area contributed by atoms with Gasteiger partial charge in [-0.3, -0.25) is 9.59 Å². The van der Waals surface area contributed by atoms with Gasteiger partial charge in [0.05, 0.1) is 10.8 Å². The SMILES string of the molecule is Cc1ccsc1C(=O)N1CC(C(=O)Nc2cccc(F)c2)C2(CCOCC2)C1. The zero-order chi connectivity index (χ0) is 19.7. The number of thiophene rings is 1. The number of rotatable bonds is 3. The first-order chi connectivity index (χ1) is 13.5. The highest BCUT2D eigenvalue weighted by Crippen LogP contribution is 2.45. The molecular formula is C21H23FN2O3S. The van der Waals surface area contributed by atoms with Gasteiger partial charge in [0.2, 0.25) is 5.91 Å². The minimum absolute atomic E-state index is 0.0144. The van der Waals surface area contributed by atoms with Crippen LogP contribution in [0.4, 0.5) is 10.1 Å². The summed E-state index contributed by atoms with van der Waals surface area (Å²) < 4.78 is 19.0. The van der Waals surface area contributed by atoms with Crippen molar-refractivity contribution >= 4 is 28.8 Å². The quantitative estimate of drug-likeness (QED) is 0.852. The standard InChI is InChI=1S/C21H23FN2O3S/c1-14-5-10-28-18(14)20(26)24-12-17(21(13-24)6-8-27-9-7-21)19(25)23-16-4-2-3-15(22)11-16/h2-5,10-11,17H,6-9,12-13H2,1H3,(H,23,25). The molecule has 1 aromatic carbocycles. The monoisotopic (exact) mass is 402 g/mol. The molecule has 0 saturated carbocycles. The van der Waals surface area contributed by atoms with Crippen molar-refractivity contribution in [1.82, 2.24) is 4.90 Å². The molecule has 5 nitrogen and oxygen atoms in total. The summed E-state index contributed by atoms with van der Waals surface area (Å²) in [6.45, 7) is 4.02. The Hall–Kier alpha value is -2.25. The fourth-order valence-corrected chi connectivity index (χ4v) is 5.19. The van der Waals surface area contributed by atoms with Gasteiger partial charge in [-0.15, -0.1) is 11.3 Å². The molecule has 0 aliphatic carbocycles. The van der Waals surface area contributed by atoms with Crippen molar-refractivity contribution in [3.8, 4) is 0 Å². The van der Waals surface area contributed by atoms with Gasteiger partial charge in [0.15, 0.2) is 0 Å². The van der Waals surface area contributed by atoms with Crippen molar-refractivity contribution in [2.24, 2.45) is 11.3 Å². The van der Waals surface area contributed by atoms with Crippen molar-refractivity contribution in [3.05, 3.63) is 52.0 Å². The van der Waals surface area contributed by atoms with Gasteiger partial charge in [-0.2, -0.15) is 0 Å². The Kier molecular flexibility index (Phi) is 5.21. The lowest BCUT2D eigenvalue weighted by molar-refractivity contribution is -0.124. The summed E-state index contributed by atoms with van der Waals surface area (Å²) in [5.41, 5.74) is 1.10. The Morgan fingerprint density at radius 2 is 2.07 bits per heavy atom. The number of benzene rings is 1. The number of nitrogens with zero attached hydrogens (tertiary/aromatic N) is 1. The molecule has 2 fully saturated rings. The van der Waals surface area contributed by atoms with Crippen molar-refractivity contribution in [2.75, 3.05) is 31.6 Å². The number of aryl methyl sites for hydroxylation is 1. The highest BCUT2D eigenvalue weighted by molar-refractivity contribution is 7.12. The number of ether oxygens (including phenoxy) is 1. The van der Waals surface area contributed by atoms with E-state index in [1.165, 1.54) is 23.5 Å². The van der Waals surface area contributed by atoms with E-state index in [0.29, 0.717) is 32.0 Å². The molecule has 1 aromatic heterocycles. The number of amides is 2. The minimum atomic E-state index is -0.394. The van der Waals surface area contributed by atoms with E-state index in [1.54, 1.807) is 17.0 Å². The van der Waals surface area contributed by atoms with E-state index in [-0.39, 0.29) is 23.1 Å². The number of halogens is 1. The maximum Gasteiger partial charge on any atom is 0.264 e. The predicted molar refractivity (Wildman–Crippen MR) is 106 cm³/mol. The minimum Gasteiger partial charge on any atom is -0.381 e. The zero-order valence-corrected chi connectivity index (χ0v) is 16.6. The largest absolute Gasteiger partial charge is 0.381 e. The molecule has 2 aliphatic heterocycles. The second-order valence-corrected chi connectivity index (χ2v) is 8.56. The average Bonchev–Trinajstić information content (AvgIpc) is 3.26. The Morgan fingerprint density at radius 3 is 2.75 bits per heavy atom. The van der Waals surface area contributed by atoms with E-state index < -0.39 is 5.82 Å². The summed E-state index contributed by atoms with van der Waals surface area (Å²) in [5, 5.41) is 4.76. The molecule has 28 heavy (non-hydrogen) atoms. The number of anilines is 1. The van der Waals surface area contributed by atoms with Gasteiger partial charge in [-0.25, -0.2) is 4.39 Å². The summed E-state index contributed by atoms with van der Waals surface area (Å²) in [7, 11) is 0. The Morgan fingerprint density at radius 1 is 1.29 bits per heavy atom. The van der Waals surface area contributed by atoms with E-state index in [4.69, 9.17) is 4.74 Å². The van der Waals surface area contributed by atoms with Gasteiger partial charge < -0.3 is 15.0 Å². The first kappa shape index (κ1) is 19.1. The number of carbonyl (C=O) groups is 2. The zero-order valence-electron chi connectivity index (χ0n) is 15.7. The van der Waals surface area contributed by atoms with Crippen molar-refractivity contribution in [2.45, 2.75) is 19.8 Å². The molecule has 1 atom stereocenters. The Balaban J connectivity index is 1.57. The fraction of sp³-hybridized carbons (Fsp3) is 0.429. The third-order valence-corrected chi connectivity index (χ3v) is 6.89. The molecule has 0 bridgehead atoms. The van der Waals surface area contributed by atoms with Crippen LogP contribution in [0.1, 0.15) is 28.1 Å². The molecule has 2 aromatic rings. The van der Waals surface area contributed by atoms with Crippen LogP contribution >= 0.6 is 11.3 Å².